The maximum atomic E-state index is 13.5. The molecule has 2 aliphatic heterocycles. The van der Waals surface area contributed by atoms with Gasteiger partial charge in [-0.3, -0.25) is 14.5 Å². The monoisotopic (exact) mass is 515 g/mol. The Morgan fingerprint density at radius 2 is 1.83 bits per heavy atom. The average Bonchev–Trinajstić information content (AvgIpc) is 3.62. The van der Waals surface area contributed by atoms with Crippen molar-refractivity contribution in [3.05, 3.63) is 54.5 Å². The van der Waals surface area contributed by atoms with E-state index < -0.39 is 0 Å². The predicted octanol–water partition coefficient (Wildman–Crippen LogP) is 3.13. The van der Waals surface area contributed by atoms with E-state index in [-0.39, 0.29) is 24.5 Å². The number of ether oxygens (including phenoxy) is 2. The van der Waals surface area contributed by atoms with Crippen LogP contribution in [-0.2, 0) is 25.6 Å². The summed E-state index contributed by atoms with van der Waals surface area (Å²) in [7, 11) is 0. The Morgan fingerprint density at radius 3 is 2.56 bits per heavy atom. The molecule has 2 aliphatic rings. The van der Waals surface area contributed by atoms with Crippen LogP contribution in [-0.4, -0.2) is 97.5 Å². The highest BCUT2D eigenvalue weighted by Gasteiger charge is 2.26. The van der Waals surface area contributed by atoms with E-state index in [0.29, 0.717) is 25.4 Å². The predicted molar refractivity (Wildman–Crippen MR) is 139 cm³/mol. The van der Waals surface area contributed by atoms with Gasteiger partial charge in [0.1, 0.15) is 5.76 Å². The fourth-order valence-corrected chi connectivity index (χ4v) is 5.32. The molecule has 1 aromatic heterocycles. The van der Waals surface area contributed by atoms with Gasteiger partial charge in [-0.05, 0) is 43.5 Å². The largest absolute Gasteiger partial charge is 0.467 e. The molecule has 3 heterocycles. The molecule has 9 heteroatoms. The standard InChI is InChI=1S/C27H37N3O5S/c31-26(30(19-23-7-4-15-34-23)20-24-8-5-16-35-24)21-29(12-6-11-28-13-17-33-18-14-28)27(32)22-36-25-9-2-1-3-10-25/h1-4,7,9-10,15,24H,5-6,8,11-14,16-22H2. The van der Waals surface area contributed by atoms with Crippen LogP contribution in [0.4, 0.5) is 0 Å². The molecule has 1 aromatic carbocycles. The van der Waals surface area contributed by atoms with Crippen LogP contribution in [0.5, 0.6) is 0 Å². The van der Waals surface area contributed by atoms with E-state index in [0.717, 1.165) is 69.4 Å². The molecular weight excluding hydrogens is 478 g/mol. The first-order chi connectivity index (χ1) is 17.7. The van der Waals surface area contributed by atoms with Crippen molar-refractivity contribution in [2.75, 3.05) is 64.8 Å². The first-order valence-corrected chi connectivity index (χ1v) is 13.8. The zero-order chi connectivity index (χ0) is 25.0. The molecule has 2 amide bonds. The number of thioether (sulfide) groups is 1. The zero-order valence-electron chi connectivity index (χ0n) is 20.9. The molecular formula is C27H37N3O5S. The molecule has 1 atom stereocenters. The van der Waals surface area contributed by atoms with Gasteiger partial charge in [-0.1, -0.05) is 18.2 Å². The number of morpholine rings is 1. The molecule has 2 saturated heterocycles. The van der Waals surface area contributed by atoms with Gasteiger partial charge in [0, 0.05) is 44.2 Å². The van der Waals surface area contributed by atoms with E-state index in [1.165, 1.54) is 11.8 Å². The Labute approximate surface area is 217 Å². The highest BCUT2D eigenvalue weighted by Crippen LogP contribution is 2.19. The van der Waals surface area contributed by atoms with Gasteiger partial charge in [-0.15, -0.1) is 11.8 Å². The van der Waals surface area contributed by atoms with Crippen LogP contribution < -0.4 is 0 Å². The number of rotatable bonds is 13. The number of amides is 2. The average molecular weight is 516 g/mol. The van der Waals surface area contributed by atoms with E-state index >= 15 is 0 Å². The van der Waals surface area contributed by atoms with E-state index in [1.807, 2.05) is 42.5 Å². The number of carbonyl (C=O) groups is 2. The third kappa shape index (κ3) is 8.65. The smallest absolute Gasteiger partial charge is 0.242 e. The van der Waals surface area contributed by atoms with Crippen molar-refractivity contribution in [3.8, 4) is 0 Å². The minimum atomic E-state index is -0.0775. The van der Waals surface area contributed by atoms with Crippen molar-refractivity contribution in [2.45, 2.75) is 36.8 Å². The molecule has 36 heavy (non-hydrogen) atoms. The quantitative estimate of drug-likeness (QED) is 0.380. The lowest BCUT2D eigenvalue weighted by Gasteiger charge is -2.30. The van der Waals surface area contributed by atoms with Gasteiger partial charge in [0.15, 0.2) is 0 Å². The van der Waals surface area contributed by atoms with Crippen molar-refractivity contribution in [2.24, 2.45) is 0 Å². The number of hydrogen-bond acceptors (Lipinski definition) is 7. The van der Waals surface area contributed by atoms with Crippen LogP contribution in [0.25, 0.3) is 0 Å². The zero-order valence-corrected chi connectivity index (χ0v) is 21.7. The SMILES string of the molecule is O=C(CSc1ccccc1)N(CCCN1CCOCC1)CC(=O)N(Cc1ccco1)CC1CCCO1. The van der Waals surface area contributed by atoms with Gasteiger partial charge in [-0.25, -0.2) is 0 Å². The number of benzene rings is 1. The summed E-state index contributed by atoms with van der Waals surface area (Å²) < 4.78 is 16.8. The number of carbonyl (C=O) groups excluding carboxylic acids is 2. The minimum Gasteiger partial charge on any atom is -0.467 e. The summed E-state index contributed by atoms with van der Waals surface area (Å²) in [5, 5.41) is 0. The summed E-state index contributed by atoms with van der Waals surface area (Å²) in [6, 6.07) is 13.6. The molecule has 4 rings (SSSR count). The summed E-state index contributed by atoms with van der Waals surface area (Å²) >= 11 is 1.51. The Bertz CT molecular complexity index is 915. The Hall–Kier alpha value is -2.33. The lowest BCUT2D eigenvalue weighted by molar-refractivity contribution is -0.140. The van der Waals surface area contributed by atoms with Crippen molar-refractivity contribution in [1.82, 2.24) is 14.7 Å². The number of furan rings is 1. The summed E-state index contributed by atoms with van der Waals surface area (Å²) in [6.45, 7) is 6.43. The molecule has 2 fully saturated rings. The Kier molecular flexibility index (Phi) is 10.7. The minimum absolute atomic E-state index is 0.0192. The van der Waals surface area contributed by atoms with E-state index in [4.69, 9.17) is 13.9 Å². The third-order valence-corrected chi connectivity index (χ3v) is 7.51. The lowest BCUT2D eigenvalue weighted by Crippen LogP contribution is -2.46. The van der Waals surface area contributed by atoms with Gasteiger partial charge in [0.05, 0.1) is 44.4 Å². The Balaban J connectivity index is 1.38. The second kappa shape index (κ2) is 14.4. The highest BCUT2D eigenvalue weighted by molar-refractivity contribution is 8.00. The molecule has 8 nitrogen and oxygen atoms in total. The van der Waals surface area contributed by atoms with Crippen molar-refractivity contribution in [3.63, 3.8) is 0 Å². The van der Waals surface area contributed by atoms with Crippen LogP contribution in [0.15, 0.2) is 58.0 Å². The van der Waals surface area contributed by atoms with Gasteiger partial charge in [0.2, 0.25) is 11.8 Å². The first kappa shape index (κ1) is 26.7. The number of nitrogens with zero attached hydrogens (tertiary/aromatic N) is 3. The molecule has 0 N–H and O–H groups in total. The topological polar surface area (TPSA) is 75.5 Å². The van der Waals surface area contributed by atoms with Crippen LogP contribution in [0, 0.1) is 0 Å². The maximum absolute atomic E-state index is 13.5. The fraction of sp³-hybridized carbons (Fsp3) is 0.556. The van der Waals surface area contributed by atoms with Crippen LogP contribution in [0.2, 0.25) is 0 Å². The second-order valence-corrected chi connectivity index (χ2v) is 10.3. The van der Waals surface area contributed by atoms with E-state index in [1.54, 1.807) is 16.1 Å². The molecule has 1 unspecified atom stereocenters. The van der Waals surface area contributed by atoms with Gasteiger partial charge in [0.25, 0.3) is 0 Å². The van der Waals surface area contributed by atoms with Crippen molar-refractivity contribution < 1.29 is 23.5 Å². The van der Waals surface area contributed by atoms with E-state index in [2.05, 4.69) is 4.90 Å². The molecule has 0 bridgehead atoms. The summed E-state index contributed by atoms with van der Waals surface area (Å²) in [5.41, 5.74) is 0. The van der Waals surface area contributed by atoms with Crippen molar-refractivity contribution in [1.29, 1.82) is 0 Å². The van der Waals surface area contributed by atoms with E-state index in [9.17, 15) is 9.59 Å². The van der Waals surface area contributed by atoms with Gasteiger partial charge >= 0.3 is 0 Å². The molecule has 196 valence electrons. The number of hydrogen-bond donors (Lipinski definition) is 0. The van der Waals surface area contributed by atoms with Gasteiger partial charge in [-0.2, -0.15) is 0 Å². The second-order valence-electron chi connectivity index (χ2n) is 9.21. The fourth-order valence-electron chi connectivity index (χ4n) is 4.50. The summed E-state index contributed by atoms with van der Waals surface area (Å²) in [6.07, 6.45) is 4.42. The molecule has 2 aromatic rings. The molecule has 0 aliphatic carbocycles. The summed E-state index contributed by atoms with van der Waals surface area (Å²) in [4.78, 5) is 33.7. The first-order valence-electron chi connectivity index (χ1n) is 12.8. The van der Waals surface area contributed by atoms with Gasteiger partial charge < -0.3 is 23.7 Å². The third-order valence-electron chi connectivity index (χ3n) is 6.52. The van der Waals surface area contributed by atoms with Crippen molar-refractivity contribution >= 4 is 23.6 Å². The normalized spacial score (nSPS) is 18.3. The van der Waals surface area contributed by atoms with Crippen LogP contribution >= 0.6 is 11.8 Å². The molecule has 0 spiro atoms. The highest BCUT2D eigenvalue weighted by atomic mass is 32.2. The maximum Gasteiger partial charge on any atom is 0.242 e. The summed E-state index contributed by atoms with van der Waals surface area (Å²) in [5.74, 6) is 0.936. The molecule has 0 radical (unpaired) electrons. The Morgan fingerprint density at radius 1 is 1.00 bits per heavy atom. The van der Waals surface area contributed by atoms with Crippen LogP contribution in [0.1, 0.15) is 25.0 Å². The lowest BCUT2D eigenvalue weighted by atomic mass is 10.2. The molecule has 0 saturated carbocycles. The van der Waals surface area contributed by atoms with Crippen LogP contribution in [0.3, 0.4) is 0 Å².